The maximum absolute atomic E-state index is 14.0. The van der Waals surface area contributed by atoms with Gasteiger partial charge in [-0.25, -0.2) is 4.39 Å². The molecule has 0 aromatic carbocycles. The number of hydrogen-bond acceptors (Lipinski definition) is 2. The quantitative estimate of drug-likeness (QED) is 0.724. The van der Waals surface area contributed by atoms with Gasteiger partial charge in [-0.2, -0.15) is 0 Å². The molecule has 1 aliphatic rings. The molecule has 0 saturated heterocycles. The van der Waals surface area contributed by atoms with Crippen molar-refractivity contribution in [3.8, 4) is 0 Å². The number of fused-ring (bicyclic) bond motifs is 1. The number of pyridine rings is 1. The van der Waals surface area contributed by atoms with E-state index < -0.39 is 5.67 Å². The Hall–Kier alpha value is -1.61. The van der Waals surface area contributed by atoms with Crippen LogP contribution in [0.15, 0.2) is 40.5 Å². The molecule has 1 aliphatic carbocycles. The van der Waals surface area contributed by atoms with E-state index in [-0.39, 0.29) is 5.92 Å². The van der Waals surface area contributed by atoms with Gasteiger partial charge in [-0.1, -0.05) is 30.7 Å². The molecule has 0 N–H and O–H groups in total. The Morgan fingerprint density at radius 2 is 2.14 bits per heavy atom. The lowest BCUT2D eigenvalue weighted by Crippen LogP contribution is -2.20. The van der Waals surface area contributed by atoms with Crippen molar-refractivity contribution in [1.82, 2.24) is 4.98 Å². The van der Waals surface area contributed by atoms with Crippen LogP contribution in [-0.4, -0.2) is 10.7 Å². The molecule has 2 heterocycles. The van der Waals surface area contributed by atoms with Crippen LogP contribution >= 0.6 is 11.6 Å². The smallest absolute Gasteiger partial charge is 0.171 e. The Kier molecular flexibility index (Phi) is 3.40. The Labute approximate surface area is 128 Å². The molecule has 2 nitrogen and oxygen atoms in total. The van der Waals surface area contributed by atoms with E-state index in [0.717, 1.165) is 22.4 Å². The van der Waals surface area contributed by atoms with Crippen molar-refractivity contribution < 1.29 is 8.81 Å². The summed E-state index contributed by atoms with van der Waals surface area (Å²) < 4.78 is 19.9. The summed E-state index contributed by atoms with van der Waals surface area (Å²) in [5.74, 6) is 0.949. The van der Waals surface area contributed by atoms with Crippen LogP contribution in [0.2, 0.25) is 5.02 Å². The van der Waals surface area contributed by atoms with Crippen molar-refractivity contribution in [3.63, 3.8) is 0 Å². The molecule has 0 amide bonds. The van der Waals surface area contributed by atoms with E-state index in [1.54, 1.807) is 26.1 Å². The second kappa shape index (κ2) is 4.99. The molecular formula is C17H17ClFNO. The van der Waals surface area contributed by atoms with Crippen molar-refractivity contribution in [2.24, 2.45) is 5.92 Å². The minimum absolute atomic E-state index is 0.194. The molecule has 0 saturated carbocycles. The number of alkyl halides is 1. The highest BCUT2D eigenvalue weighted by Crippen LogP contribution is 2.39. The lowest BCUT2D eigenvalue weighted by atomic mass is 9.82. The standard InChI is InChI=1S/C17H17ClFNO/c1-10-8-11(17(2,3)19)4-5-12(10)15-9-14-16(21-15)13(18)6-7-20-14/h4-7,9-10H,8H2,1-3H3. The van der Waals surface area contributed by atoms with Gasteiger partial charge in [0.1, 0.15) is 16.9 Å². The van der Waals surface area contributed by atoms with Gasteiger partial charge >= 0.3 is 0 Å². The molecule has 0 fully saturated rings. The summed E-state index contributed by atoms with van der Waals surface area (Å²) in [7, 11) is 0. The van der Waals surface area contributed by atoms with Crippen LogP contribution in [0.3, 0.4) is 0 Å². The van der Waals surface area contributed by atoms with Crippen LogP contribution in [0.25, 0.3) is 16.7 Å². The molecule has 0 spiro atoms. The number of halogens is 2. The Bertz CT molecular complexity index is 752. The molecule has 1 atom stereocenters. The van der Waals surface area contributed by atoms with Crippen LogP contribution in [0.5, 0.6) is 0 Å². The highest BCUT2D eigenvalue weighted by Gasteiger charge is 2.28. The Morgan fingerprint density at radius 3 is 2.76 bits per heavy atom. The third kappa shape index (κ3) is 2.62. The van der Waals surface area contributed by atoms with Crippen LogP contribution in [0.4, 0.5) is 4.39 Å². The van der Waals surface area contributed by atoms with Crippen molar-refractivity contribution in [3.05, 3.63) is 46.8 Å². The lowest BCUT2D eigenvalue weighted by Gasteiger charge is -2.26. The largest absolute Gasteiger partial charge is 0.453 e. The van der Waals surface area contributed by atoms with Crippen LogP contribution in [-0.2, 0) is 0 Å². The topological polar surface area (TPSA) is 26.0 Å². The number of rotatable bonds is 2. The SMILES string of the molecule is CC1CC(C(C)(C)F)=CC=C1c1cc2nccc(Cl)c2o1. The zero-order valence-corrected chi connectivity index (χ0v) is 13.0. The Balaban J connectivity index is 2.04. The number of allylic oxidation sites excluding steroid dienone is 4. The first-order valence-electron chi connectivity index (χ1n) is 7.01. The van der Waals surface area contributed by atoms with E-state index in [1.165, 1.54) is 0 Å². The third-order valence-corrected chi connectivity index (χ3v) is 4.23. The van der Waals surface area contributed by atoms with Gasteiger partial charge in [0.25, 0.3) is 0 Å². The van der Waals surface area contributed by atoms with Gasteiger partial charge in [0.2, 0.25) is 0 Å². The van der Waals surface area contributed by atoms with E-state index in [2.05, 4.69) is 11.9 Å². The molecule has 2 aromatic heterocycles. The van der Waals surface area contributed by atoms with Crippen molar-refractivity contribution in [2.75, 3.05) is 0 Å². The molecule has 0 bridgehead atoms. The predicted octanol–water partition coefficient (Wildman–Crippen LogP) is 5.58. The monoisotopic (exact) mass is 305 g/mol. The fourth-order valence-corrected chi connectivity index (χ4v) is 2.87. The summed E-state index contributed by atoms with van der Waals surface area (Å²) in [6.07, 6.45) is 6.15. The molecule has 110 valence electrons. The first-order valence-corrected chi connectivity index (χ1v) is 7.38. The highest BCUT2D eigenvalue weighted by molar-refractivity contribution is 6.34. The number of nitrogens with zero attached hydrogens (tertiary/aromatic N) is 1. The van der Waals surface area contributed by atoms with Gasteiger partial charge < -0.3 is 4.42 Å². The summed E-state index contributed by atoms with van der Waals surface area (Å²) in [5, 5.41) is 0.552. The van der Waals surface area contributed by atoms with Crippen LogP contribution in [0.1, 0.15) is 33.0 Å². The maximum atomic E-state index is 14.0. The predicted molar refractivity (Wildman–Crippen MR) is 84.0 cm³/mol. The second-order valence-corrected chi connectivity index (χ2v) is 6.42. The molecule has 3 rings (SSSR count). The fourth-order valence-electron chi connectivity index (χ4n) is 2.68. The molecule has 0 radical (unpaired) electrons. The van der Waals surface area contributed by atoms with Crippen molar-refractivity contribution in [2.45, 2.75) is 32.9 Å². The van der Waals surface area contributed by atoms with Gasteiger partial charge in [-0.15, -0.1) is 0 Å². The van der Waals surface area contributed by atoms with Crippen LogP contribution in [0, 0.1) is 5.92 Å². The van der Waals surface area contributed by atoms with Gasteiger partial charge in [0.05, 0.1) is 5.02 Å². The first kappa shape index (κ1) is 14.3. The number of aromatic nitrogens is 1. The normalized spacial score (nSPS) is 19.6. The molecule has 0 aliphatic heterocycles. The fraction of sp³-hybridized carbons (Fsp3) is 0.353. The molecule has 2 aromatic rings. The van der Waals surface area contributed by atoms with E-state index in [4.69, 9.17) is 16.0 Å². The van der Waals surface area contributed by atoms with E-state index in [9.17, 15) is 4.39 Å². The third-order valence-electron chi connectivity index (χ3n) is 3.93. The lowest BCUT2D eigenvalue weighted by molar-refractivity contribution is 0.257. The number of furan rings is 1. The zero-order valence-electron chi connectivity index (χ0n) is 12.3. The average molecular weight is 306 g/mol. The van der Waals surface area contributed by atoms with Gasteiger partial charge in [-0.05, 0) is 43.4 Å². The minimum atomic E-state index is -1.28. The number of hydrogen-bond donors (Lipinski definition) is 0. The minimum Gasteiger partial charge on any atom is -0.453 e. The van der Waals surface area contributed by atoms with Gasteiger partial charge in [0, 0.05) is 12.3 Å². The highest BCUT2D eigenvalue weighted by atomic mass is 35.5. The average Bonchev–Trinajstić information content (AvgIpc) is 2.82. The molecule has 21 heavy (non-hydrogen) atoms. The Morgan fingerprint density at radius 1 is 1.38 bits per heavy atom. The van der Waals surface area contributed by atoms with Gasteiger partial charge in [-0.3, -0.25) is 4.98 Å². The van der Waals surface area contributed by atoms with E-state index >= 15 is 0 Å². The van der Waals surface area contributed by atoms with E-state index in [1.807, 2.05) is 18.2 Å². The van der Waals surface area contributed by atoms with Gasteiger partial charge in [0.15, 0.2) is 5.58 Å². The van der Waals surface area contributed by atoms with Crippen LogP contribution < -0.4 is 0 Å². The first-order chi connectivity index (χ1) is 9.86. The summed E-state index contributed by atoms with van der Waals surface area (Å²) in [5.41, 5.74) is 1.92. The van der Waals surface area contributed by atoms with Crippen molar-refractivity contribution >= 4 is 28.3 Å². The van der Waals surface area contributed by atoms with Crippen molar-refractivity contribution in [1.29, 1.82) is 0 Å². The molecular weight excluding hydrogens is 289 g/mol. The van der Waals surface area contributed by atoms with E-state index in [0.29, 0.717) is 17.0 Å². The summed E-state index contributed by atoms with van der Waals surface area (Å²) in [6, 6.07) is 3.60. The second-order valence-electron chi connectivity index (χ2n) is 6.01. The summed E-state index contributed by atoms with van der Waals surface area (Å²) >= 11 is 6.11. The summed E-state index contributed by atoms with van der Waals surface area (Å²) in [6.45, 7) is 5.26. The molecule has 4 heteroatoms. The molecule has 1 unspecified atom stereocenters. The zero-order chi connectivity index (χ0) is 15.2. The maximum Gasteiger partial charge on any atom is 0.171 e. The summed E-state index contributed by atoms with van der Waals surface area (Å²) in [4.78, 5) is 4.26.